The summed E-state index contributed by atoms with van der Waals surface area (Å²) in [5.41, 5.74) is 6.91. The zero-order chi connectivity index (χ0) is 16.8. The maximum atomic E-state index is 11.9. The van der Waals surface area contributed by atoms with Gasteiger partial charge in [0.2, 0.25) is 5.91 Å². The number of carbonyl (C=O) groups excluding carboxylic acids is 1. The van der Waals surface area contributed by atoms with Crippen LogP contribution in [0.2, 0.25) is 0 Å². The zero-order valence-electron chi connectivity index (χ0n) is 12.9. The van der Waals surface area contributed by atoms with Crippen molar-refractivity contribution in [2.75, 3.05) is 12.0 Å². The Bertz CT molecular complexity index is 587. The molecule has 0 saturated heterocycles. The number of nitrogens with one attached hydrogen (secondary N) is 1. The molecule has 1 amide bonds. The SMILES string of the molecule is CC(CCc1ccc(Br)cc1)NC(=O)C(N)CCS(C)(=O)=O. The lowest BCUT2D eigenvalue weighted by Crippen LogP contribution is -2.45. The number of benzene rings is 1. The van der Waals surface area contributed by atoms with Crippen molar-refractivity contribution in [2.24, 2.45) is 5.73 Å². The van der Waals surface area contributed by atoms with E-state index in [2.05, 4.69) is 21.2 Å². The fourth-order valence-electron chi connectivity index (χ4n) is 1.93. The molecule has 0 aromatic heterocycles. The van der Waals surface area contributed by atoms with Gasteiger partial charge in [0.25, 0.3) is 0 Å². The molecule has 0 saturated carbocycles. The van der Waals surface area contributed by atoms with E-state index in [1.165, 1.54) is 5.56 Å². The van der Waals surface area contributed by atoms with Gasteiger partial charge in [-0.3, -0.25) is 4.79 Å². The normalized spacial score (nSPS) is 14.4. The van der Waals surface area contributed by atoms with Crippen molar-refractivity contribution >= 4 is 31.7 Å². The van der Waals surface area contributed by atoms with E-state index in [0.29, 0.717) is 0 Å². The first-order valence-corrected chi connectivity index (χ1v) is 10.0. The summed E-state index contributed by atoms with van der Waals surface area (Å²) in [7, 11) is -3.09. The number of amides is 1. The molecule has 1 aromatic rings. The Labute approximate surface area is 140 Å². The average Bonchev–Trinajstić information content (AvgIpc) is 2.43. The molecular formula is C15H23BrN2O3S. The molecule has 5 nitrogen and oxygen atoms in total. The number of hydrogen-bond donors (Lipinski definition) is 2. The molecule has 1 aromatic carbocycles. The summed E-state index contributed by atoms with van der Waals surface area (Å²) in [6.07, 6.45) is 2.93. The summed E-state index contributed by atoms with van der Waals surface area (Å²) in [6.45, 7) is 1.92. The Morgan fingerprint density at radius 1 is 1.27 bits per heavy atom. The van der Waals surface area contributed by atoms with Crippen LogP contribution in [0, 0.1) is 0 Å². The molecule has 0 aliphatic heterocycles. The van der Waals surface area contributed by atoms with Crippen LogP contribution >= 0.6 is 15.9 Å². The summed E-state index contributed by atoms with van der Waals surface area (Å²) >= 11 is 3.39. The second-order valence-electron chi connectivity index (χ2n) is 5.60. The van der Waals surface area contributed by atoms with Gasteiger partial charge in [0.05, 0.1) is 11.8 Å². The van der Waals surface area contributed by atoms with E-state index in [0.717, 1.165) is 23.6 Å². The van der Waals surface area contributed by atoms with Gasteiger partial charge >= 0.3 is 0 Å². The third-order valence-corrected chi connectivity index (χ3v) is 4.81. The van der Waals surface area contributed by atoms with Crippen LogP contribution in [0.15, 0.2) is 28.7 Å². The number of halogens is 1. The van der Waals surface area contributed by atoms with Crippen LogP contribution in [0.4, 0.5) is 0 Å². The molecule has 0 aliphatic rings. The minimum atomic E-state index is -3.09. The lowest BCUT2D eigenvalue weighted by molar-refractivity contribution is -0.123. The van der Waals surface area contributed by atoms with Crippen LogP contribution in [0.3, 0.4) is 0 Å². The summed E-state index contributed by atoms with van der Waals surface area (Å²) in [6, 6.07) is 7.25. The van der Waals surface area contributed by atoms with Gasteiger partial charge in [-0.2, -0.15) is 0 Å². The number of hydrogen-bond acceptors (Lipinski definition) is 4. The third-order valence-electron chi connectivity index (χ3n) is 3.30. The predicted octanol–water partition coefficient (Wildman–Crippen LogP) is 1.65. The molecular weight excluding hydrogens is 368 g/mol. The largest absolute Gasteiger partial charge is 0.352 e. The highest BCUT2D eigenvalue weighted by molar-refractivity contribution is 9.10. The van der Waals surface area contributed by atoms with Crippen molar-refractivity contribution in [1.82, 2.24) is 5.32 Å². The van der Waals surface area contributed by atoms with E-state index in [9.17, 15) is 13.2 Å². The molecule has 1 rings (SSSR count). The second kappa shape index (κ2) is 8.64. The van der Waals surface area contributed by atoms with Gasteiger partial charge in [0, 0.05) is 16.8 Å². The van der Waals surface area contributed by atoms with Crippen molar-refractivity contribution in [2.45, 2.75) is 38.3 Å². The first-order chi connectivity index (χ1) is 10.2. The van der Waals surface area contributed by atoms with Crippen molar-refractivity contribution in [3.05, 3.63) is 34.3 Å². The molecule has 0 fully saturated rings. The van der Waals surface area contributed by atoms with Gasteiger partial charge in [0.15, 0.2) is 0 Å². The van der Waals surface area contributed by atoms with Gasteiger partial charge in [0.1, 0.15) is 9.84 Å². The first-order valence-electron chi connectivity index (χ1n) is 7.15. The molecule has 7 heteroatoms. The second-order valence-corrected chi connectivity index (χ2v) is 8.78. The summed E-state index contributed by atoms with van der Waals surface area (Å²) in [5.74, 6) is -0.374. The van der Waals surface area contributed by atoms with Gasteiger partial charge in [-0.1, -0.05) is 28.1 Å². The Morgan fingerprint density at radius 3 is 2.41 bits per heavy atom. The first kappa shape index (κ1) is 19.1. The fourth-order valence-corrected chi connectivity index (χ4v) is 2.87. The molecule has 0 spiro atoms. The molecule has 2 atom stereocenters. The van der Waals surface area contributed by atoms with Crippen molar-refractivity contribution in [3.63, 3.8) is 0 Å². The molecule has 0 heterocycles. The molecule has 2 unspecified atom stereocenters. The number of rotatable bonds is 8. The van der Waals surface area contributed by atoms with E-state index in [1.54, 1.807) is 0 Å². The molecule has 0 bridgehead atoms. The summed E-state index contributed by atoms with van der Waals surface area (Å²) in [5, 5.41) is 2.83. The maximum Gasteiger partial charge on any atom is 0.237 e. The molecule has 0 radical (unpaired) electrons. The minimum absolute atomic E-state index is 0.0135. The van der Waals surface area contributed by atoms with Crippen molar-refractivity contribution in [1.29, 1.82) is 0 Å². The lowest BCUT2D eigenvalue weighted by atomic mass is 10.1. The minimum Gasteiger partial charge on any atom is -0.352 e. The van der Waals surface area contributed by atoms with Crippen molar-refractivity contribution in [3.8, 4) is 0 Å². The zero-order valence-corrected chi connectivity index (χ0v) is 15.3. The fraction of sp³-hybridized carbons (Fsp3) is 0.533. The summed E-state index contributed by atoms with van der Waals surface area (Å²) < 4.78 is 23.2. The van der Waals surface area contributed by atoms with Crippen LogP contribution in [-0.4, -0.2) is 38.4 Å². The Morgan fingerprint density at radius 2 is 1.86 bits per heavy atom. The number of aryl methyl sites for hydroxylation is 1. The lowest BCUT2D eigenvalue weighted by Gasteiger charge is -2.17. The van der Waals surface area contributed by atoms with Crippen LogP contribution in [0.1, 0.15) is 25.3 Å². The average molecular weight is 391 g/mol. The van der Waals surface area contributed by atoms with Crippen LogP contribution in [0.5, 0.6) is 0 Å². The molecule has 22 heavy (non-hydrogen) atoms. The molecule has 124 valence electrons. The topological polar surface area (TPSA) is 89.3 Å². The highest BCUT2D eigenvalue weighted by Crippen LogP contribution is 2.12. The quantitative estimate of drug-likeness (QED) is 0.705. The Kier molecular flexibility index (Phi) is 7.52. The third kappa shape index (κ3) is 7.91. The van der Waals surface area contributed by atoms with E-state index < -0.39 is 15.9 Å². The number of sulfone groups is 1. The monoisotopic (exact) mass is 390 g/mol. The highest BCUT2D eigenvalue weighted by atomic mass is 79.9. The van der Waals surface area contributed by atoms with Gasteiger partial charge < -0.3 is 11.1 Å². The van der Waals surface area contributed by atoms with Gasteiger partial charge in [-0.15, -0.1) is 0 Å². The van der Waals surface area contributed by atoms with E-state index >= 15 is 0 Å². The molecule has 0 aliphatic carbocycles. The standard InChI is InChI=1S/C15H23BrN2O3S/c1-11(3-4-12-5-7-13(16)8-6-12)18-15(19)14(17)9-10-22(2,20)21/h5-8,11,14H,3-4,9-10,17H2,1-2H3,(H,18,19). The number of nitrogens with two attached hydrogens (primary N) is 1. The Balaban J connectivity index is 2.35. The van der Waals surface area contributed by atoms with Crippen LogP contribution in [-0.2, 0) is 21.1 Å². The smallest absolute Gasteiger partial charge is 0.237 e. The predicted molar refractivity (Wildman–Crippen MR) is 92.4 cm³/mol. The van der Waals surface area contributed by atoms with Crippen LogP contribution < -0.4 is 11.1 Å². The molecule has 3 N–H and O–H groups in total. The van der Waals surface area contributed by atoms with E-state index in [1.807, 2.05) is 31.2 Å². The van der Waals surface area contributed by atoms with Gasteiger partial charge in [-0.25, -0.2) is 8.42 Å². The Hall–Kier alpha value is -0.920. The van der Waals surface area contributed by atoms with Crippen molar-refractivity contribution < 1.29 is 13.2 Å². The van der Waals surface area contributed by atoms with Crippen LogP contribution in [0.25, 0.3) is 0 Å². The summed E-state index contributed by atoms with van der Waals surface area (Å²) in [4.78, 5) is 11.9. The van der Waals surface area contributed by atoms with E-state index in [4.69, 9.17) is 5.73 Å². The van der Waals surface area contributed by atoms with Gasteiger partial charge in [-0.05, 0) is 43.9 Å². The maximum absolute atomic E-state index is 11.9. The van der Waals surface area contributed by atoms with E-state index in [-0.39, 0.29) is 24.1 Å². The highest BCUT2D eigenvalue weighted by Gasteiger charge is 2.17. The number of carbonyl (C=O) groups is 1.